The summed E-state index contributed by atoms with van der Waals surface area (Å²) in [5.41, 5.74) is 4.93. The molecule has 0 fully saturated rings. The van der Waals surface area contributed by atoms with Crippen LogP contribution in [0.25, 0.3) is 0 Å². The maximum absolute atomic E-state index is 9.91. The molecule has 2 N–H and O–H groups in total. The third-order valence-corrected chi connectivity index (χ3v) is 7.85. The Bertz CT molecular complexity index is 1340. The third-order valence-electron chi connectivity index (χ3n) is 6.07. The minimum absolute atomic E-state index is 0.0149. The molecule has 5 rings (SSSR count). The molecule has 4 nitrogen and oxygen atoms in total. The summed E-state index contributed by atoms with van der Waals surface area (Å²) in [5, 5.41) is 14.3. The molecule has 0 saturated carbocycles. The Morgan fingerprint density at radius 1 is 0.914 bits per heavy atom. The lowest BCUT2D eigenvalue weighted by Crippen LogP contribution is -2.28. The first-order valence-corrected chi connectivity index (χ1v) is 12.6. The average molecular weight is 501 g/mol. The summed E-state index contributed by atoms with van der Waals surface area (Å²) in [6.07, 6.45) is 0. The van der Waals surface area contributed by atoms with Gasteiger partial charge >= 0.3 is 0 Å². The topological polar surface area (TPSA) is 53.8 Å². The molecule has 0 bridgehead atoms. The second-order valence-electron chi connectivity index (χ2n) is 8.29. The summed E-state index contributed by atoms with van der Waals surface area (Å²) in [4.78, 5) is 6.29. The lowest BCUT2D eigenvalue weighted by atomic mass is 9.89. The number of aromatic hydroxyl groups is 1. The Kier molecular flexibility index (Phi) is 6.98. The van der Waals surface area contributed by atoms with Gasteiger partial charge in [0, 0.05) is 33.3 Å². The van der Waals surface area contributed by atoms with Crippen LogP contribution in [0.1, 0.15) is 16.4 Å². The highest BCUT2D eigenvalue weighted by Crippen LogP contribution is 2.49. The van der Waals surface area contributed by atoms with Crippen LogP contribution in [0.3, 0.4) is 0 Å². The zero-order chi connectivity index (χ0) is 24.2. The number of ether oxygens (including phenoxy) is 1. The number of hydrogen-bond donors (Lipinski definition) is 2. The number of fused-ring (bicyclic) bond motifs is 1. The fourth-order valence-corrected chi connectivity index (χ4v) is 5.97. The number of methoxy groups -OCH3 is 1. The Balaban J connectivity index is 1.61. The molecule has 0 spiro atoms. The Hall–Kier alpha value is -3.41. The van der Waals surface area contributed by atoms with Crippen molar-refractivity contribution >= 4 is 40.4 Å². The van der Waals surface area contributed by atoms with E-state index in [9.17, 15) is 5.11 Å². The van der Waals surface area contributed by atoms with E-state index in [1.165, 1.54) is 0 Å². The molecule has 2 unspecified atom stereocenters. The van der Waals surface area contributed by atoms with E-state index in [4.69, 9.17) is 21.3 Å². The number of aliphatic imine (C=N–C) groups is 1. The van der Waals surface area contributed by atoms with Crippen LogP contribution >= 0.6 is 23.4 Å². The van der Waals surface area contributed by atoms with Gasteiger partial charge in [0.15, 0.2) is 0 Å². The van der Waals surface area contributed by atoms with Gasteiger partial charge in [0.1, 0.15) is 11.5 Å². The van der Waals surface area contributed by atoms with Crippen LogP contribution < -0.4 is 10.1 Å². The van der Waals surface area contributed by atoms with Gasteiger partial charge in [-0.15, -0.1) is 11.8 Å². The molecule has 1 aliphatic heterocycles. The van der Waals surface area contributed by atoms with Crippen molar-refractivity contribution < 1.29 is 9.84 Å². The molecule has 1 heterocycles. The van der Waals surface area contributed by atoms with Gasteiger partial charge in [-0.2, -0.15) is 0 Å². The molecule has 0 saturated heterocycles. The summed E-state index contributed by atoms with van der Waals surface area (Å²) >= 11 is 8.54. The predicted molar refractivity (Wildman–Crippen MR) is 146 cm³/mol. The number of halogens is 1. The highest BCUT2D eigenvalue weighted by molar-refractivity contribution is 7.99. The molecular formula is C29H25ClN2O2S. The van der Waals surface area contributed by atoms with Crippen LogP contribution in [0.5, 0.6) is 11.5 Å². The number of nitrogens with one attached hydrogen (secondary N) is 1. The van der Waals surface area contributed by atoms with E-state index in [2.05, 4.69) is 17.4 Å². The number of benzene rings is 4. The molecule has 4 aromatic rings. The van der Waals surface area contributed by atoms with Crippen molar-refractivity contribution in [2.45, 2.75) is 10.1 Å². The normalized spacial score (nSPS) is 17.1. The quantitative estimate of drug-likeness (QED) is 0.284. The Morgan fingerprint density at radius 2 is 1.63 bits per heavy atom. The van der Waals surface area contributed by atoms with Gasteiger partial charge in [0.05, 0.1) is 18.5 Å². The molecule has 6 heteroatoms. The number of rotatable bonds is 6. The number of thioether (sulfide) groups is 1. The molecule has 0 amide bonds. The number of phenolic OH excluding ortho intramolecular Hbond substituents is 1. The second kappa shape index (κ2) is 10.5. The zero-order valence-electron chi connectivity index (χ0n) is 19.2. The van der Waals surface area contributed by atoms with E-state index in [0.717, 1.165) is 43.9 Å². The van der Waals surface area contributed by atoms with E-state index in [0.29, 0.717) is 6.54 Å². The number of nitrogens with zero attached hydrogens (tertiary/aromatic N) is 1. The summed E-state index contributed by atoms with van der Waals surface area (Å²) < 4.78 is 5.30. The fourth-order valence-electron chi connectivity index (χ4n) is 4.26. The third kappa shape index (κ3) is 5.16. The van der Waals surface area contributed by atoms with E-state index in [-0.39, 0.29) is 16.9 Å². The summed E-state index contributed by atoms with van der Waals surface area (Å²) in [6.45, 7) is 0.642. The zero-order valence-corrected chi connectivity index (χ0v) is 20.8. The standard InChI is InChI=1S/C29H25ClN2O2S/c1-34-22-16-12-20(13-17-22)31-18-24-28(19-10-14-21(33)15-11-19)32-26-8-4-5-9-27(26)35-29(24)23-6-2-3-7-25(23)30/h2-17,24,29,31,33H,18H2,1H3. The molecular weight excluding hydrogens is 476 g/mol. The Labute approximate surface area is 214 Å². The van der Waals surface area contributed by atoms with Crippen LogP contribution in [-0.4, -0.2) is 24.5 Å². The van der Waals surface area contributed by atoms with Gasteiger partial charge in [0.25, 0.3) is 0 Å². The molecule has 0 aromatic heterocycles. The van der Waals surface area contributed by atoms with Gasteiger partial charge in [-0.05, 0) is 77.9 Å². The van der Waals surface area contributed by atoms with Crippen molar-refractivity contribution in [1.29, 1.82) is 0 Å². The second-order valence-corrected chi connectivity index (χ2v) is 9.88. The highest BCUT2D eigenvalue weighted by Gasteiger charge is 2.34. The first-order valence-electron chi connectivity index (χ1n) is 11.4. The van der Waals surface area contributed by atoms with Gasteiger partial charge < -0.3 is 15.2 Å². The largest absolute Gasteiger partial charge is 0.508 e. The first-order chi connectivity index (χ1) is 17.1. The van der Waals surface area contributed by atoms with Gasteiger partial charge in [-0.3, -0.25) is 4.99 Å². The van der Waals surface area contributed by atoms with Crippen molar-refractivity contribution in [3.05, 3.63) is 113 Å². The van der Waals surface area contributed by atoms with Crippen molar-refractivity contribution in [2.75, 3.05) is 19.0 Å². The Morgan fingerprint density at radius 3 is 2.37 bits per heavy atom. The molecule has 0 radical (unpaired) electrons. The number of phenols is 1. The van der Waals surface area contributed by atoms with E-state index in [1.807, 2.05) is 72.8 Å². The van der Waals surface area contributed by atoms with Crippen LogP contribution in [-0.2, 0) is 0 Å². The number of anilines is 1. The molecule has 176 valence electrons. The average Bonchev–Trinajstić information content (AvgIpc) is 3.05. The van der Waals surface area contributed by atoms with Crippen LogP contribution in [0.4, 0.5) is 11.4 Å². The first kappa shape index (κ1) is 23.3. The van der Waals surface area contributed by atoms with E-state index < -0.39 is 0 Å². The van der Waals surface area contributed by atoms with Gasteiger partial charge in [0.2, 0.25) is 0 Å². The smallest absolute Gasteiger partial charge is 0.119 e. The van der Waals surface area contributed by atoms with Crippen LogP contribution in [0, 0.1) is 5.92 Å². The van der Waals surface area contributed by atoms with Crippen molar-refractivity contribution in [1.82, 2.24) is 0 Å². The van der Waals surface area contributed by atoms with Gasteiger partial charge in [-0.25, -0.2) is 0 Å². The highest BCUT2D eigenvalue weighted by atomic mass is 35.5. The van der Waals surface area contributed by atoms with Gasteiger partial charge in [-0.1, -0.05) is 41.9 Å². The monoisotopic (exact) mass is 500 g/mol. The van der Waals surface area contributed by atoms with E-state index in [1.54, 1.807) is 31.0 Å². The lowest BCUT2D eigenvalue weighted by Gasteiger charge is -2.28. The summed E-state index contributed by atoms with van der Waals surface area (Å²) in [6, 6.07) is 31.4. The maximum atomic E-state index is 9.91. The molecule has 35 heavy (non-hydrogen) atoms. The summed E-state index contributed by atoms with van der Waals surface area (Å²) in [7, 11) is 1.66. The predicted octanol–water partition coefficient (Wildman–Crippen LogP) is 7.75. The number of para-hydroxylation sites is 1. The minimum Gasteiger partial charge on any atom is -0.508 e. The van der Waals surface area contributed by atoms with E-state index >= 15 is 0 Å². The van der Waals surface area contributed by atoms with Crippen molar-refractivity contribution in [2.24, 2.45) is 10.9 Å². The maximum Gasteiger partial charge on any atom is 0.119 e. The molecule has 1 aliphatic rings. The molecule has 4 aromatic carbocycles. The fraction of sp³-hybridized carbons (Fsp3) is 0.138. The van der Waals surface area contributed by atoms with Crippen LogP contribution in [0.2, 0.25) is 5.02 Å². The minimum atomic E-state index is -0.0149. The lowest BCUT2D eigenvalue weighted by molar-refractivity contribution is 0.415. The number of hydrogen-bond acceptors (Lipinski definition) is 5. The van der Waals surface area contributed by atoms with Crippen molar-refractivity contribution in [3.63, 3.8) is 0 Å². The molecule has 2 atom stereocenters. The molecule has 0 aliphatic carbocycles. The summed E-state index contributed by atoms with van der Waals surface area (Å²) in [5.74, 6) is 1.03. The SMILES string of the molecule is COc1ccc(NCC2C(c3ccc(O)cc3)=Nc3ccccc3SC2c2ccccc2Cl)cc1. The van der Waals surface area contributed by atoms with Crippen molar-refractivity contribution in [3.8, 4) is 11.5 Å². The van der Waals surface area contributed by atoms with Crippen LogP contribution in [0.15, 0.2) is 107 Å².